The Morgan fingerprint density at radius 3 is 2.67 bits per heavy atom. The first-order chi connectivity index (χ1) is 8.58. The van der Waals surface area contributed by atoms with Crippen molar-refractivity contribution in [2.75, 3.05) is 33.2 Å². The first-order valence-electron chi connectivity index (χ1n) is 7.76. The molecule has 0 bridgehead atoms. The smallest absolute Gasteiger partial charge is 0.0223 e. The van der Waals surface area contributed by atoms with E-state index in [9.17, 15) is 0 Å². The molecule has 3 atom stereocenters. The van der Waals surface area contributed by atoms with Crippen LogP contribution in [0.15, 0.2) is 0 Å². The Bertz CT molecular complexity index is 220. The van der Waals surface area contributed by atoms with E-state index in [1.165, 1.54) is 38.9 Å². The molecule has 1 aliphatic heterocycles. The molecule has 108 valence electrons. The summed E-state index contributed by atoms with van der Waals surface area (Å²) in [6.45, 7) is 14.0. The molecule has 0 amide bonds. The number of hydrogen-bond donors (Lipinski definition) is 1. The lowest BCUT2D eigenvalue weighted by Crippen LogP contribution is -2.46. The van der Waals surface area contributed by atoms with Crippen molar-refractivity contribution in [1.29, 1.82) is 0 Å². The highest BCUT2D eigenvalue weighted by atomic mass is 15.2. The monoisotopic (exact) mass is 255 g/mol. The van der Waals surface area contributed by atoms with Gasteiger partial charge in [-0.2, -0.15) is 0 Å². The lowest BCUT2D eigenvalue weighted by atomic mass is 10.1. The van der Waals surface area contributed by atoms with Crippen LogP contribution in [0.3, 0.4) is 0 Å². The SMILES string of the molecule is CCC(C)NCC(C)N(C)CC1CCCN1CC. The van der Waals surface area contributed by atoms with Crippen molar-refractivity contribution in [1.82, 2.24) is 15.1 Å². The number of rotatable bonds is 8. The number of likely N-dealkylation sites (N-methyl/N-ethyl adjacent to an activating group) is 2. The minimum absolute atomic E-state index is 0.623. The van der Waals surface area contributed by atoms with Crippen LogP contribution in [0.4, 0.5) is 0 Å². The second-order valence-corrected chi connectivity index (χ2v) is 5.93. The third-order valence-corrected chi connectivity index (χ3v) is 4.53. The molecule has 1 N–H and O–H groups in total. The minimum Gasteiger partial charge on any atom is -0.313 e. The van der Waals surface area contributed by atoms with Gasteiger partial charge in [0.1, 0.15) is 0 Å². The number of likely N-dealkylation sites (tertiary alicyclic amines) is 1. The van der Waals surface area contributed by atoms with E-state index in [1.54, 1.807) is 0 Å². The standard InChI is InChI=1S/C15H33N3/c1-6-13(3)16-11-14(4)17(5)12-15-9-8-10-18(15)7-2/h13-16H,6-12H2,1-5H3. The summed E-state index contributed by atoms with van der Waals surface area (Å²) in [6, 6.07) is 2.05. The van der Waals surface area contributed by atoms with Gasteiger partial charge in [-0.3, -0.25) is 4.90 Å². The van der Waals surface area contributed by atoms with E-state index in [0.29, 0.717) is 12.1 Å². The van der Waals surface area contributed by atoms with Crippen LogP contribution in [0.25, 0.3) is 0 Å². The fourth-order valence-corrected chi connectivity index (χ4v) is 2.70. The van der Waals surface area contributed by atoms with Crippen molar-refractivity contribution in [3.63, 3.8) is 0 Å². The Hall–Kier alpha value is -0.120. The van der Waals surface area contributed by atoms with E-state index >= 15 is 0 Å². The molecule has 3 unspecified atom stereocenters. The molecular formula is C15H33N3. The predicted molar refractivity (Wildman–Crippen MR) is 80.1 cm³/mol. The summed E-state index contributed by atoms with van der Waals surface area (Å²) in [5, 5.41) is 3.61. The molecule has 0 aromatic heterocycles. The number of nitrogens with zero attached hydrogens (tertiary/aromatic N) is 2. The Kier molecular flexibility index (Phi) is 7.20. The maximum Gasteiger partial charge on any atom is 0.0223 e. The van der Waals surface area contributed by atoms with Gasteiger partial charge in [-0.1, -0.05) is 13.8 Å². The lowest BCUT2D eigenvalue weighted by molar-refractivity contribution is 0.166. The predicted octanol–water partition coefficient (Wildman–Crippen LogP) is 2.18. The molecule has 0 radical (unpaired) electrons. The third-order valence-electron chi connectivity index (χ3n) is 4.53. The van der Waals surface area contributed by atoms with Gasteiger partial charge in [-0.25, -0.2) is 0 Å². The first-order valence-corrected chi connectivity index (χ1v) is 7.76. The van der Waals surface area contributed by atoms with E-state index in [2.05, 4.69) is 49.9 Å². The van der Waals surface area contributed by atoms with Crippen molar-refractivity contribution in [3.8, 4) is 0 Å². The van der Waals surface area contributed by atoms with Gasteiger partial charge in [-0.15, -0.1) is 0 Å². The molecule has 0 aromatic carbocycles. The van der Waals surface area contributed by atoms with Crippen LogP contribution in [-0.4, -0.2) is 61.2 Å². The number of hydrogen-bond acceptors (Lipinski definition) is 3. The summed E-state index contributed by atoms with van der Waals surface area (Å²) >= 11 is 0. The average molecular weight is 255 g/mol. The molecule has 1 aliphatic rings. The van der Waals surface area contributed by atoms with Gasteiger partial charge in [0.15, 0.2) is 0 Å². The fraction of sp³-hybridized carbons (Fsp3) is 1.00. The fourth-order valence-electron chi connectivity index (χ4n) is 2.70. The van der Waals surface area contributed by atoms with Crippen LogP contribution >= 0.6 is 0 Å². The van der Waals surface area contributed by atoms with Crippen molar-refractivity contribution in [2.45, 2.75) is 65.1 Å². The quantitative estimate of drug-likeness (QED) is 0.717. The molecule has 1 fully saturated rings. The van der Waals surface area contributed by atoms with Gasteiger partial charge in [0.25, 0.3) is 0 Å². The zero-order chi connectivity index (χ0) is 13.5. The summed E-state index contributed by atoms with van der Waals surface area (Å²) in [5.41, 5.74) is 0. The first kappa shape index (κ1) is 15.9. The minimum atomic E-state index is 0.623. The van der Waals surface area contributed by atoms with Gasteiger partial charge in [0.05, 0.1) is 0 Å². The molecule has 3 heteroatoms. The molecule has 0 aliphatic carbocycles. The zero-order valence-electron chi connectivity index (χ0n) is 13.1. The maximum atomic E-state index is 3.61. The second kappa shape index (κ2) is 8.13. The maximum absolute atomic E-state index is 3.61. The van der Waals surface area contributed by atoms with Crippen molar-refractivity contribution in [2.24, 2.45) is 0 Å². The number of nitrogens with one attached hydrogen (secondary N) is 1. The van der Waals surface area contributed by atoms with Crippen LogP contribution in [0, 0.1) is 0 Å². The molecule has 0 aromatic rings. The highest BCUT2D eigenvalue weighted by Crippen LogP contribution is 2.17. The molecule has 1 heterocycles. The summed E-state index contributed by atoms with van der Waals surface area (Å²) < 4.78 is 0. The van der Waals surface area contributed by atoms with Gasteiger partial charge in [-0.05, 0) is 53.2 Å². The van der Waals surface area contributed by atoms with Gasteiger partial charge in [0.2, 0.25) is 0 Å². The van der Waals surface area contributed by atoms with E-state index in [0.717, 1.165) is 12.6 Å². The molecule has 0 spiro atoms. The molecular weight excluding hydrogens is 222 g/mol. The van der Waals surface area contributed by atoms with Crippen molar-refractivity contribution >= 4 is 0 Å². The molecule has 1 saturated heterocycles. The highest BCUT2D eigenvalue weighted by molar-refractivity contribution is 4.82. The van der Waals surface area contributed by atoms with Crippen molar-refractivity contribution in [3.05, 3.63) is 0 Å². The normalized spacial score (nSPS) is 24.7. The zero-order valence-corrected chi connectivity index (χ0v) is 13.1. The highest BCUT2D eigenvalue weighted by Gasteiger charge is 2.25. The second-order valence-electron chi connectivity index (χ2n) is 5.93. The third kappa shape index (κ3) is 4.87. The van der Waals surface area contributed by atoms with E-state index in [-0.39, 0.29) is 0 Å². The topological polar surface area (TPSA) is 18.5 Å². The van der Waals surface area contributed by atoms with Gasteiger partial charge in [0, 0.05) is 31.2 Å². The Morgan fingerprint density at radius 2 is 2.06 bits per heavy atom. The Balaban J connectivity index is 2.28. The van der Waals surface area contributed by atoms with Gasteiger partial charge >= 0.3 is 0 Å². The Labute approximate surface area is 114 Å². The summed E-state index contributed by atoms with van der Waals surface area (Å²) in [5.74, 6) is 0. The molecule has 0 saturated carbocycles. The van der Waals surface area contributed by atoms with Crippen molar-refractivity contribution < 1.29 is 0 Å². The molecule has 3 nitrogen and oxygen atoms in total. The van der Waals surface area contributed by atoms with Crippen LogP contribution in [0.5, 0.6) is 0 Å². The summed E-state index contributed by atoms with van der Waals surface area (Å²) in [6.07, 6.45) is 3.97. The van der Waals surface area contributed by atoms with E-state index in [1.807, 2.05) is 0 Å². The van der Waals surface area contributed by atoms with Gasteiger partial charge < -0.3 is 10.2 Å². The summed E-state index contributed by atoms with van der Waals surface area (Å²) in [4.78, 5) is 5.15. The Morgan fingerprint density at radius 1 is 1.33 bits per heavy atom. The van der Waals surface area contributed by atoms with E-state index in [4.69, 9.17) is 0 Å². The largest absolute Gasteiger partial charge is 0.313 e. The van der Waals surface area contributed by atoms with Crippen LogP contribution in [-0.2, 0) is 0 Å². The van der Waals surface area contributed by atoms with Crippen LogP contribution < -0.4 is 5.32 Å². The molecule has 18 heavy (non-hydrogen) atoms. The molecule has 1 rings (SSSR count). The van der Waals surface area contributed by atoms with Crippen LogP contribution in [0.2, 0.25) is 0 Å². The lowest BCUT2D eigenvalue weighted by Gasteiger charge is -2.32. The average Bonchev–Trinajstić information content (AvgIpc) is 2.82. The van der Waals surface area contributed by atoms with Crippen LogP contribution in [0.1, 0.15) is 47.0 Å². The van der Waals surface area contributed by atoms with E-state index < -0.39 is 0 Å². The summed E-state index contributed by atoms with van der Waals surface area (Å²) in [7, 11) is 2.27.